The first-order chi connectivity index (χ1) is 11.9. The molecule has 134 valence electrons. The highest BCUT2D eigenvalue weighted by Crippen LogP contribution is 2.49. The molecule has 0 radical (unpaired) electrons. The van der Waals surface area contributed by atoms with Gasteiger partial charge in [-0.1, -0.05) is 139 Å². The monoisotopic (exact) mass is 326 g/mol. The highest BCUT2D eigenvalue weighted by Gasteiger charge is 2.39. The van der Waals surface area contributed by atoms with Crippen LogP contribution in [0.4, 0.5) is 0 Å². The molecule has 0 amide bonds. The summed E-state index contributed by atoms with van der Waals surface area (Å²) in [6.07, 6.45) is 28.2. The van der Waals surface area contributed by atoms with Crippen LogP contribution in [0.2, 0.25) is 35.9 Å². The Morgan fingerprint density at radius 3 is 1.00 bits per heavy atom. The third kappa shape index (κ3) is 4.09. The van der Waals surface area contributed by atoms with Crippen molar-refractivity contribution in [2.24, 2.45) is 0 Å². The van der Waals surface area contributed by atoms with Gasteiger partial charge in [0.2, 0.25) is 0 Å². The summed E-state index contributed by atoms with van der Waals surface area (Å²) in [6, 6.07) is 0. The lowest BCUT2D eigenvalue weighted by Gasteiger charge is -2.41. The molecule has 4 rings (SSSR count). The quantitative estimate of drug-likeness (QED) is 0.331. The van der Waals surface area contributed by atoms with Gasteiger partial charge >= 0.3 is 0 Å². The SMILES string of the molecule is C(CCCB1C2CCCC1CCC2)CCB1C2CCCC1CCC2. The van der Waals surface area contributed by atoms with E-state index in [9.17, 15) is 0 Å². The van der Waals surface area contributed by atoms with Gasteiger partial charge in [0.15, 0.2) is 0 Å². The van der Waals surface area contributed by atoms with E-state index in [1.165, 1.54) is 12.8 Å². The molecule has 0 spiro atoms. The molecule has 0 aliphatic carbocycles. The van der Waals surface area contributed by atoms with E-state index in [0.717, 1.165) is 36.7 Å². The summed E-state index contributed by atoms with van der Waals surface area (Å²) in [7, 11) is 0. The van der Waals surface area contributed by atoms with Crippen molar-refractivity contribution >= 4 is 13.4 Å². The number of unbranched alkanes of at least 4 members (excludes halogenated alkanes) is 3. The lowest BCUT2D eigenvalue weighted by molar-refractivity contribution is 0.438. The van der Waals surface area contributed by atoms with E-state index >= 15 is 0 Å². The van der Waals surface area contributed by atoms with Crippen molar-refractivity contribution in [3.05, 3.63) is 0 Å². The van der Waals surface area contributed by atoms with Gasteiger partial charge in [0.1, 0.15) is 13.4 Å². The van der Waals surface area contributed by atoms with Crippen molar-refractivity contribution in [2.75, 3.05) is 0 Å². The zero-order valence-electron chi connectivity index (χ0n) is 16.2. The summed E-state index contributed by atoms with van der Waals surface area (Å²) in [5, 5.41) is 0. The van der Waals surface area contributed by atoms with Crippen molar-refractivity contribution in [3.8, 4) is 0 Å². The zero-order valence-corrected chi connectivity index (χ0v) is 16.2. The van der Waals surface area contributed by atoms with Gasteiger partial charge < -0.3 is 0 Å². The van der Waals surface area contributed by atoms with E-state index in [4.69, 9.17) is 0 Å². The second kappa shape index (κ2) is 8.68. The summed E-state index contributed by atoms with van der Waals surface area (Å²) < 4.78 is 0. The average molecular weight is 326 g/mol. The van der Waals surface area contributed by atoms with Crippen LogP contribution in [0, 0.1) is 0 Å². The Bertz CT molecular complexity index is 302. The molecule has 4 saturated heterocycles. The Kier molecular flexibility index (Phi) is 6.34. The molecule has 0 atom stereocenters. The first-order valence-electron chi connectivity index (χ1n) is 11.9. The molecule has 2 heteroatoms. The Balaban J connectivity index is 1.12. The van der Waals surface area contributed by atoms with Crippen molar-refractivity contribution in [1.29, 1.82) is 0 Å². The van der Waals surface area contributed by atoms with Crippen molar-refractivity contribution in [1.82, 2.24) is 0 Å². The van der Waals surface area contributed by atoms with Crippen LogP contribution in [0.25, 0.3) is 0 Å². The topological polar surface area (TPSA) is 0 Å². The number of fused-ring (bicyclic) bond motifs is 4. The molecule has 0 aromatic heterocycles. The Morgan fingerprint density at radius 1 is 0.417 bits per heavy atom. The normalized spacial score (nSPS) is 36.0. The van der Waals surface area contributed by atoms with Crippen LogP contribution < -0.4 is 0 Å². The van der Waals surface area contributed by atoms with Crippen molar-refractivity contribution in [3.63, 3.8) is 0 Å². The van der Waals surface area contributed by atoms with E-state index in [0.29, 0.717) is 0 Å². The molecule has 24 heavy (non-hydrogen) atoms. The van der Waals surface area contributed by atoms with Gasteiger partial charge in [0.05, 0.1) is 0 Å². The molecule has 0 unspecified atom stereocenters. The molecule has 4 bridgehead atoms. The first-order valence-corrected chi connectivity index (χ1v) is 11.9. The minimum absolute atomic E-state index is 1.14. The Hall–Kier alpha value is 0.130. The largest absolute Gasteiger partial charge is 0.146 e. The van der Waals surface area contributed by atoms with Crippen LogP contribution in [-0.2, 0) is 0 Å². The maximum Gasteiger partial charge on any atom is 0.146 e. The highest BCUT2D eigenvalue weighted by atomic mass is 14.3. The smallest absolute Gasteiger partial charge is 0.0737 e. The molecule has 0 aromatic rings. The first kappa shape index (κ1) is 17.5. The lowest BCUT2D eigenvalue weighted by atomic mass is 9.25. The molecular formula is C22H40B2. The van der Waals surface area contributed by atoms with Crippen LogP contribution in [0.5, 0.6) is 0 Å². The molecule has 4 fully saturated rings. The second-order valence-corrected chi connectivity index (χ2v) is 10.1. The highest BCUT2D eigenvalue weighted by molar-refractivity contribution is 6.63. The summed E-state index contributed by atoms with van der Waals surface area (Å²) in [4.78, 5) is 0. The number of hydrogen-bond acceptors (Lipinski definition) is 0. The van der Waals surface area contributed by atoms with Gasteiger partial charge in [-0.25, -0.2) is 0 Å². The minimum Gasteiger partial charge on any atom is -0.0737 e. The standard InChI is InChI=1S/C22H40B2/c1(3-17-23-19-9-5-10-20(23)12-6-11-19)2-4-18-24-21-13-7-14-22(24)16-8-15-21/h19-22H,1-18H2. The van der Waals surface area contributed by atoms with Crippen LogP contribution in [0.3, 0.4) is 0 Å². The van der Waals surface area contributed by atoms with Gasteiger partial charge in [0.25, 0.3) is 0 Å². The van der Waals surface area contributed by atoms with Gasteiger partial charge in [-0.15, -0.1) is 0 Å². The third-order valence-electron chi connectivity index (χ3n) is 8.85. The molecule has 0 nitrogen and oxygen atoms in total. The predicted molar refractivity (Wildman–Crippen MR) is 110 cm³/mol. The second-order valence-electron chi connectivity index (χ2n) is 10.1. The molecular weight excluding hydrogens is 286 g/mol. The zero-order chi connectivity index (χ0) is 16.2. The summed E-state index contributed by atoms with van der Waals surface area (Å²) >= 11 is 0. The minimum atomic E-state index is 1.14. The van der Waals surface area contributed by atoms with Crippen molar-refractivity contribution < 1.29 is 0 Å². The maximum atomic E-state index is 1.59. The fraction of sp³-hybridized carbons (Fsp3) is 1.00. The van der Waals surface area contributed by atoms with Gasteiger partial charge in [0, 0.05) is 0 Å². The number of rotatable bonds is 7. The molecule has 4 aliphatic heterocycles. The summed E-state index contributed by atoms with van der Waals surface area (Å²) in [5.74, 6) is 4.55. The van der Waals surface area contributed by atoms with Crippen molar-refractivity contribution in [2.45, 2.75) is 139 Å². The summed E-state index contributed by atoms with van der Waals surface area (Å²) in [5.41, 5.74) is 0. The lowest BCUT2D eigenvalue weighted by Crippen LogP contribution is -2.34. The average Bonchev–Trinajstić information content (AvgIpc) is 2.57. The van der Waals surface area contributed by atoms with E-state index in [1.54, 1.807) is 103 Å². The van der Waals surface area contributed by atoms with Crippen LogP contribution >= 0.6 is 0 Å². The molecule has 4 heterocycles. The van der Waals surface area contributed by atoms with E-state index < -0.39 is 0 Å². The van der Waals surface area contributed by atoms with E-state index in [1.807, 2.05) is 0 Å². The summed E-state index contributed by atoms with van der Waals surface area (Å²) in [6.45, 7) is 2.29. The Morgan fingerprint density at radius 2 is 0.708 bits per heavy atom. The van der Waals surface area contributed by atoms with Crippen LogP contribution in [0.15, 0.2) is 0 Å². The third-order valence-corrected chi connectivity index (χ3v) is 8.85. The maximum absolute atomic E-state index is 1.59. The molecule has 0 saturated carbocycles. The van der Waals surface area contributed by atoms with Gasteiger partial charge in [-0.3, -0.25) is 0 Å². The molecule has 0 aromatic carbocycles. The fourth-order valence-electron chi connectivity index (χ4n) is 7.69. The Labute approximate surface area is 152 Å². The van der Waals surface area contributed by atoms with Gasteiger partial charge in [-0.05, 0) is 0 Å². The predicted octanol–water partition coefficient (Wildman–Crippen LogP) is 7.75. The molecule has 0 N–H and O–H groups in total. The van der Waals surface area contributed by atoms with Crippen LogP contribution in [-0.4, -0.2) is 13.4 Å². The van der Waals surface area contributed by atoms with Gasteiger partial charge in [-0.2, -0.15) is 0 Å². The van der Waals surface area contributed by atoms with E-state index in [2.05, 4.69) is 0 Å². The fourth-order valence-corrected chi connectivity index (χ4v) is 7.69. The van der Waals surface area contributed by atoms with E-state index in [-0.39, 0.29) is 0 Å². The number of hydrogen-bond donors (Lipinski definition) is 0. The van der Waals surface area contributed by atoms with Crippen LogP contribution in [0.1, 0.15) is 103 Å². The molecule has 4 aliphatic rings.